The van der Waals surface area contributed by atoms with Gasteiger partial charge in [-0.25, -0.2) is 4.79 Å². The zero-order valence-electron chi connectivity index (χ0n) is 13.8. The highest BCUT2D eigenvalue weighted by atomic mass is 16.4. The molecule has 0 rings (SSSR count). The fourth-order valence-corrected chi connectivity index (χ4v) is 2.29. The first kappa shape index (κ1) is 19.7. The number of urea groups is 1. The van der Waals surface area contributed by atoms with Gasteiger partial charge in [0.05, 0.1) is 12.1 Å². The van der Waals surface area contributed by atoms with Gasteiger partial charge in [-0.05, 0) is 39.0 Å². The molecule has 2 amide bonds. The number of carbonyl (C=O) groups is 2. The van der Waals surface area contributed by atoms with E-state index >= 15 is 0 Å². The molecular formula is C15H30N2O4. The molecule has 0 aromatic heterocycles. The van der Waals surface area contributed by atoms with Gasteiger partial charge < -0.3 is 20.4 Å². The minimum atomic E-state index is -0.953. The molecule has 0 aliphatic rings. The van der Waals surface area contributed by atoms with Crippen molar-refractivity contribution in [2.45, 2.75) is 53.1 Å². The van der Waals surface area contributed by atoms with E-state index in [1.54, 1.807) is 13.8 Å². The van der Waals surface area contributed by atoms with Crippen molar-refractivity contribution in [1.82, 2.24) is 10.2 Å². The smallest absolute Gasteiger partial charge is 0.317 e. The van der Waals surface area contributed by atoms with Gasteiger partial charge in [0.25, 0.3) is 0 Å². The van der Waals surface area contributed by atoms with E-state index in [0.29, 0.717) is 19.0 Å². The third-order valence-electron chi connectivity index (χ3n) is 3.06. The van der Waals surface area contributed by atoms with Crippen molar-refractivity contribution in [1.29, 1.82) is 0 Å². The maximum absolute atomic E-state index is 12.1. The van der Waals surface area contributed by atoms with E-state index in [2.05, 4.69) is 5.32 Å². The zero-order valence-corrected chi connectivity index (χ0v) is 13.8. The molecule has 0 saturated heterocycles. The maximum Gasteiger partial charge on any atom is 0.317 e. The van der Waals surface area contributed by atoms with Gasteiger partial charge in [0, 0.05) is 19.5 Å². The van der Waals surface area contributed by atoms with Crippen LogP contribution in [-0.2, 0) is 4.79 Å². The zero-order chi connectivity index (χ0) is 16.6. The Morgan fingerprint density at radius 1 is 1.29 bits per heavy atom. The number of aliphatic hydroxyl groups is 1. The average Bonchev–Trinajstić information content (AvgIpc) is 2.30. The molecule has 3 N–H and O–H groups in total. The Kier molecular flexibility index (Phi) is 8.32. The number of nitrogens with one attached hydrogen (secondary N) is 1. The molecule has 0 radical (unpaired) electrons. The lowest BCUT2D eigenvalue weighted by atomic mass is 9.94. The van der Waals surface area contributed by atoms with Crippen LogP contribution in [0.5, 0.6) is 0 Å². The number of rotatable bonds is 9. The third-order valence-corrected chi connectivity index (χ3v) is 3.06. The Morgan fingerprint density at radius 3 is 2.24 bits per heavy atom. The predicted molar refractivity (Wildman–Crippen MR) is 82.1 cm³/mol. The second kappa shape index (κ2) is 8.87. The van der Waals surface area contributed by atoms with E-state index in [0.717, 1.165) is 6.42 Å². The molecule has 0 saturated carbocycles. The summed E-state index contributed by atoms with van der Waals surface area (Å²) in [6, 6.07) is -0.265. The van der Waals surface area contributed by atoms with Crippen LogP contribution in [-0.4, -0.2) is 52.3 Å². The molecule has 0 aliphatic carbocycles. The van der Waals surface area contributed by atoms with Gasteiger partial charge in [0.15, 0.2) is 0 Å². The first-order valence-electron chi connectivity index (χ1n) is 7.52. The molecule has 1 atom stereocenters. The summed E-state index contributed by atoms with van der Waals surface area (Å²) in [5.41, 5.74) is -0.953. The van der Waals surface area contributed by atoms with E-state index in [4.69, 9.17) is 5.11 Å². The van der Waals surface area contributed by atoms with Crippen LogP contribution in [0, 0.1) is 11.8 Å². The van der Waals surface area contributed by atoms with Gasteiger partial charge in [-0.3, -0.25) is 4.79 Å². The number of nitrogens with zero attached hydrogens (tertiary/aromatic N) is 1. The molecule has 21 heavy (non-hydrogen) atoms. The van der Waals surface area contributed by atoms with Gasteiger partial charge in [0.2, 0.25) is 0 Å². The third kappa shape index (κ3) is 10.1. The van der Waals surface area contributed by atoms with Crippen molar-refractivity contribution in [2.24, 2.45) is 11.8 Å². The van der Waals surface area contributed by atoms with Gasteiger partial charge in [-0.2, -0.15) is 0 Å². The Hall–Kier alpha value is -1.30. The molecule has 0 aliphatic heterocycles. The SMILES string of the molecule is CCN(CC(C)(C)O)C(=O)NCC(CC(=O)O)CC(C)C. The lowest BCUT2D eigenvalue weighted by molar-refractivity contribution is -0.138. The quantitative estimate of drug-likeness (QED) is 0.607. The Labute approximate surface area is 127 Å². The first-order valence-corrected chi connectivity index (χ1v) is 7.52. The molecular weight excluding hydrogens is 272 g/mol. The van der Waals surface area contributed by atoms with Crippen LogP contribution in [0.25, 0.3) is 0 Å². The molecule has 6 nitrogen and oxygen atoms in total. The Bertz CT molecular complexity index is 337. The van der Waals surface area contributed by atoms with Gasteiger partial charge in [-0.1, -0.05) is 13.8 Å². The van der Waals surface area contributed by atoms with Crippen molar-refractivity contribution in [3.8, 4) is 0 Å². The fraction of sp³-hybridized carbons (Fsp3) is 0.867. The molecule has 0 aromatic rings. The summed E-state index contributed by atoms with van der Waals surface area (Å²) in [5.74, 6) is -0.545. The summed E-state index contributed by atoms with van der Waals surface area (Å²) < 4.78 is 0. The monoisotopic (exact) mass is 302 g/mol. The van der Waals surface area contributed by atoms with Crippen LogP contribution in [0.2, 0.25) is 0 Å². The number of carboxylic acids is 1. The molecule has 0 spiro atoms. The normalized spacial score (nSPS) is 13.1. The van der Waals surface area contributed by atoms with E-state index < -0.39 is 11.6 Å². The second-order valence-corrected chi connectivity index (χ2v) is 6.61. The van der Waals surface area contributed by atoms with E-state index in [9.17, 15) is 14.7 Å². The summed E-state index contributed by atoms with van der Waals surface area (Å²) in [6.07, 6.45) is 0.806. The van der Waals surface area contributed by atoms with Gasteiger partial charge in [0.1, 0.15) is 0 Å². The number of likely N-dealkylation sites (N-methyl/N-ethyl adjacent to an activating group) is 1. The van der Waals surface area contributed by atoms with Crippen LogP contribution in [0.15, 0.2) is 0 Å². The number of hydrogen-bond acceptors (Lipinski definition) is 3. The average molecular weight is 302 g/mol. The summed E-state index contributed by atoms with van der Waals surface area (Å²) in [6.45, 7) is 10.3. The van der Waals surface area contributed by atoms with Crippen LogP contribution < -0.4 is 5.32 Å². The molecule has 0 fully saturated rings. The maximum atomic E-state index is 12.1. The molecule has 0 aromatic carbocycles. The summed E-state index contributed by atoms with van der Waals surface area (Å²) in [5, 5.41) is 21.5. The minimum Gasteiger partial charge on any atom is -0.481 e. The van der Waals surface area contributed by atoms with Crippen LogP contribution in [0.4, 0.5) is 4.79 Å². The number of aliphatic carboxylic acids is 1. The summed E-state index contributed by atoms with van der Waals surface area (Å²) in [7, 11) is 0. The predicted octanol–water partition coefficient (Wildman–Crippen LogP) is 1.93. The second-order valence-electron chi connectivity index (χ2n) is 6.61. The number of hydrogen-bond donors (Lipinski definition) is 3. The summed E-state index contributed by atoms with van der Waals surface area (Å²) >= 11 is 0. The van der Waals surface area contributed by atoms with Crippen molar-refractivity contribution in [3.63, 3.8) is 0 Å². The Balaban J connectivity index is 4.48. The highest BCUT2D eigenvalue weighted by Crippen LogP contribution is 2.15. The van der Waals surface area contributed by atoms with Crippen molar-refractivity contribution >= 4 is 12.0 Å². The van der Waals surface area contributed by atoms with E-state index in [-0.39, 0.29) is 24.9 Å². The van der Waals surface area contributed by atoms with Gasteiger partial charge in [-0.15, -0.1) is 0 Å². The summed E-state index contributed by atoms with van der Waals surface area (Å²) in [4.78, 5) is 24.5. The Morgan fingerprint density at radius 2 is 1.86 bits per heavy atom. The number of amides is 2. The molecule has 0 heterocycles. The lowest BCUT2D eigenvalue weighted by Gasteiger charge is -2.29. The minimum absolute atomic E-state index is 0.0517. The highest BCUT2D eigenvalue weighted by Gasteiger charge is 2.22. The van der Waals surface area contributed by atoms with Crippen LogP contribution >= 0.6 is 0 Å². The standard InChI is InChI=1S/C15H30N2O4/c1-6-17(10-15(4,5)21)14(20)16-9-12(7-11(2)3)8-13(18)19/h11-12,21H,6-10H2,1-5H3,(H,16,20)(H,18,19). The topological polar surface area (TPSA) is 89.9 Å². The molecule has 1 unspecified atom stereocenters. The van der Waals surface area contributed by atoms with Gasteiger partial charge >= 0.3 is 12.0 Å². The number of carbonyl (C=O) groups excluding carboxylic acids is 1. The lowest BCUT2D eigenvalue weighted by Crippen LogP contribution is -2.47. The van der Waals surface area contributed by atoms with Crippen molar-refractivity contribution < 1.29 is 19.8 Å². The van der Waals surface area contributed by atoms with Crippen LogP contribution in [0.1, 0.15) is 47.5 Å². The van der Waals surface area contributed by atoms with Crippen molar-refractivity contribution in [3.05, 3.63) is 0 Å². The van der Waals surface area contributed by atoms with Crippen LogP contribution in [0.3, 0.4) is 0 Å². The van der Waals surface area contributed by atoms with E-state index in [1.807, 2.05) is 20.8 Å². The first-order chi connectivity index (χ1) is 9.55. The van der Waals surface area contributed by atoms with Crippen molar-refractivity contribution in [2.75, 3.05) is 19.6 Å². The van der Waals surface area contributed by atoms with E-state index in [1.165, 1.54) is 4.90 Å². The fourth-order valence-electron chi connectivity index (χ4n) is 2.29. The molecule has 6 heteroatoms. The molecule has 0 bridgehead atoms. The number of carboxylic acid groups (broad SMARTS) is 1. The highest BCUT2D eigenvalue weighted by molar-refractivity contribution is 5.74. The largest absolute Gasteiger partial charge is 0.481 e. The molecule has 124 valence electrons.